The van der Waals surface area contributed by atoms with Gasteiger partial charge in [-0.1, -0.05) is 24.3 Å². The molecule has 5 nitrogen and oxygen atoms in total. The number of likely N-dealkylation sites (N-methyl/N-ethyl adjacent to an activating group) is 1. The van der Waals surface area contributed by atoms with Gasteiger partial charge < -0.3 is 15.0 Å². The lowest BCUT2D eigenvalue weighted by atomic mass is 10.0. The predicted molar refractivity (Wildman–Crippen MR) is 104 cm³/mol. The van der Waals surface area contributed by atoms with Crippen LogP contribution in [0.15, 0.2) is 48.5 Å². The third-order valence-electron chi connectivity index (χ3n) is 5.04. The molecule has 144 valence electrons. The van der Waals surface area contributed by atoms with E-state index in [9.17, 15) is 9.18 Å². The lowest BCUT2D eigenvalue weighted by Crippen LogP contribution is -2.48. The van der Waals surface area contributed by atoms with Gasteiger partial charge in [0.25, 0.3) is 5.91 Å². The van der Waals surface area contributed by atoms with Gasteiger partial charge in [0.2, 0.25) is 0 Å². The Kier molecular flexibility index (Phi) is 6.42. The van der Waals surface area contributed by atoms with Crippen LogP contribution in [-0.4, -0.2) is 62.6 Å². The minimum atomic E-state index is -0.256. The van der Waals surface area contributed by atoms with Crippen molar-refractivity contribution in [1.82, 2.24) is 15.1 Å². The fourth-order valence-electron chi connectivity index (χ4n) is 3.39. The van der Waals surface area contributed by atoms with Crippen LogP contribution < -0.4 is 10.1 Å². The first-order valence-corrected chi connectivity index (χ1v) is 9.17. The maximum Gasteiger partial charge on any atom is 0.255 e. The maximum absolute atomic E-state index is 13.4. The van der Waals surface area contributed by atoms with Crippen LogP contribution >= 0.6 is 0 Å². The lowest BCUT2D eigenvalue weighted by molar-refractivity contribution is 0.0883. The van der Waals surface area contributed by atoms with Gasteiger partial charge in [0.15, 0.2) is 0 Å². The molecule has 3 rings (SSSR count). The smallest absolute Gasteiger partial charge is 0.255 e. The van der Waals surface area contributed by atoms with Crippen molar-refractivity contribution in [2.24, 2.45) is 0 Å². The van der Waals surface area contributed by atoms with Crippen molar-refractivity contribution in [3.05, 3.63) is 65.5 Å². The number of methoxy groups -OCH3 is 1. The Bertz CT molecular complexity index is 758. The van der Waals surface area contributed by atoms with E-state index in [-0.39, 0.29) is 17.8 Å². The minimum absolute atomic E-state index is 0.00189. The van der Waals surface area contributed by atoms with Crippen molar-refractivity contribution in [3.8, 4) is 5.75 Å². The topological polar surface area (TPSA) is 44.8 Å². The molecule has 1 N–H and O–H groups in total. The van der Waals surface area contributed by atoms with E-state index in [0.717, 1.165) is 31.7 Å². The van der Waals surface area contributed by atoms with Crippen LogP contribution in [0.1, 0.15) is 22.0 Å². The normalized spacial score (nSPS) is 16.7. The molecule has 0 saturated carbocycles. The summed E-state index contributed by atoms with van der Waals surface area (Å²) in [4.78, 5) is 17.3. The zero-order valence-electron chi connectivity index (χ0n) is 15.8. The SMILES string of the molecule is COc1ccccc1C(=O)NCC(c1ccc(F)cc1)N1CCN(C)CC1. The molecule has 1 heterocycles. The number of ether oxygens (including phenoxy) is 1. The number of piperazine rings is 1. The van der Waals surface area contributed by atoms with Gasteiger partial charge >= 0.3 is 0 Å². The molecule has 1 atom stereocenters. The number of para-hydroxylation sites is 1. The Morgan fingerprint density at radius 2 is 1.78 bits per heavy atom. The van der Waals surface area contributed by atoms with Crippen molar-refractivity contribution >= 4 is 5.91 Å². The summed E-state index contributed by atoms with van der Waals surface area (Å²) in [5.74, 6) is 0.121. The number of hydrogen-bond acceptors (Lipinski definition) is 4. The van der Waals surface area contributed by atoms with E-state index >= 15 is 0 Å². The van der Waals surface area contributed by atoms with E-state index in [2.05, 4.69) is 22.2 Å². The van der Waals surface area contributed by atoms with Gasteiger partial charge in [-0.15, -0.1) is 0 Å². The molecule has 27 heavy (non-hydrogen) atoms. The number of benzene rings is 2. The number of nitrogens with zero attached hydrogens (tertiary/aromatic N) is 2. The Morgan fingerprint density at radius 1 is 1.11 bits per heavy atom. The van der Waals surface area contributed by atoms with Crippen LogP contribution in [0.5, 0.6) is 5.75 Å². The van der Waals surface area contributed by atoms with Crippen molar-refractivity contribution in [3.63, 3.8) is 0 Å². The molecule has 1 aliphatic heterocycles. The maximum atomic E-state index is 13.4. The summed E-state index contributed by atoms with van der Waals surface area (Å²) >= 11 is 0. The number of amides is 1. The molecule has 1 amide bonds. The third-order valence-corrected chi connectivity index (χ3v) is 5.04. The summed E-state index contributed by atoms with van der Waals surface area (Å²) in [5.41, 5.74) is 1.51. The number of rotatable bonds is 6. The van der Waals surface area contributed by atoms with Crippen LogP contribution in [0.3, 0.4) is 0 Å². The molecule has 0 bridgehead atoms. The van der Waals surface area contributed by atoms with E-state index in [1.165, 1.54) is 12.1 Å². The second-order valence-corrected chi connectivity index (χ2v) is 6.82. The van der Waals surface area contributed by atoms with E-state index in [1.807, 2.05) is 12.1 Å². The first kappa shape index (κ1) is 19.3. The van der Waals surface area contributed by atoms with Crippen LogP contribution in [0.25, 0.3) is 0 Å². The first-order valence-electron chi connectivity index (χ1n) is 9.17. The number of hydrogen-bond donors (Lipinski definition) is 1. The van der Waals surface area contributed by atoms with E-state index < -0.39 is 0 Å². The van der Waals surface area contributed by atoms with Gasteiger partial charge in [0, 0.05) is 32.7 Å². The second kappa shape index (κ2) is 8.97. The Labute approximate surface area is 159 Å². The second-order valence-electron chi connectivity index (χ2n) is 6.82. The predicted octanol–water partition coefficient (Wildman–Crippen LogP) is 2.55. The molecule has 2 aromatic carbocycles. The van der Waals surface area contributed by atoms with E-state index in [1.54, 1.807) is 31.4 Å². The molecule has 1 aliphatic rings. The van der Waals surface area contributed by atoms with Crippen molar-refractivity contribution in [2.45, 2.75) is 6.04 Å². The van der Waals surface area contributed by atoms with Crippen molar-refractivity contribution < 1.29 is 13.9 Å². The largest absolute Gasteiger partial charge is 0.496 e. The first-order chi connectivity index (χ1) is 13.1. The highest BCUT2D eigenvalue weighted by Crippen LogP contribution is 2.23. The highest BCUT2D eigenvalue weighted by atomic mass is 19.1. The number of nitrogens with one attached hydrogen (secondary N) is 1. The Hall–Kier alpha value is -2.44. The highest BCUT2D eigenvalue weighted by molar-refractivity contribution is 5.96. The molecule has 0 spiro atoms. The molecule has 0 radical (unpaired) electrons. The molecular weight excluding hydrogens is 345 g/mol. The van der Waals surface area contributed by atoms with Gasteiger partial charge in [0.05, 0.1) is 18.7 Å². The van der Waals surface area contributed by atoms with Crippen LogP contribution in [0.2, 0.25) is 0 Å². The molecule has 0 aliphatic carbocycles. The fraction of sp³-hybridized carbons (Fsp3) is 0.381. The summed E-state index contributed by atoms with van der Waals surface area (Å²) in [7, 11) is 3.66. The molecule has 2 aromatic rings. The van der Waals surface area contributed by atoms with Gasteiger partial charge in [-0.3, -0.25) is 9.69 Å². The highest BCUT2D eigenvalue weighted by Gasteiger charge is 2.25. The number of carbonyl (C=O) groups excluding carboxylic acids is 1. The Morgan fingerprint density at radius 3 is 2.44 bits per heavy atom. The van der Waals surface area contributed by atoms with E-state index in [4.69, 9.17) is 4.74 Å². The van der Waals surface area contributed by atoms with Crippen molar-refractivity contribution in [1.29, 1.82) is 0 Å². The molecule has 1 unspecified atom stereocenters. The zero-order valence-corrected chi connectivity index (χ0v) is 15.8. The quantitative estimate of drug-likeness (QED) is 0.848. The number of carbonyl (C=O) groups is 1. The van der Waals surface area contributed by atoms with Crippen LogP contribution in [0, 0.1) is 5.82 Å². The summed E-state index contributed by atoms with van der Waals surface area (Å²) in [6.07, 6.45) is 0. The zero-order chi connectivity index (χ0) is 19.2. The molecule has 1 saturated heterocycles. The molecule has 0 aromatic heterocycles. The minimum Gasteiger partial charge on any atom is -0.496 e. The molecule has 1 fully saturated rings. The summed E-state index contributed by atoms with van der Waals surface area (Å²) in [5, 5.41) is 3.03. The average Bonchev–Trinajstić information content (AvgIpc) is 2.70. The van der Waals surface area contributed by atoms with Crippen LogP contribution in [0.4, 0.5) is 4.39 Å². The summed E-state index contributed by atoms with van der Waals surface area (Å²) in [6.45, 7) is 4.20. The average molecular weight is 371 g/mol. The van der Waals surface area contributed by atoms with E-state index in [0.29, 0.717) is 17.9 Å². The summed E-state index contributed by atoms with van der Waals surface area (Å²) < 4.78 is 18.6. The molecule has 6 heteroatoms. The molecular formula is C21H26FN3O2. The summed E-state index contributed by atoms with van der Waals surface area (Å²) in [6, 6.07) is 13.7. The van der Waals surface area contributed by atoms with Gasteiger partial charge in [-0.25, -0.2) is 4.39 Å². The Balaban J connectivity index is 1.75. The van der Waals surface area contributed by atoms with Gasteiger partial charge in [-0.05, 0) is 36.9 Å². The van der Waals surface area contributed by atoms with Crippen LogP contribution in [-0.2, 0) is 0 Å². The monoisotopic (exact) mass is 371 g/mol. The van der Waals surface area contributed by atoms with Crippen molar-refractivity contribution in [2.75, 3.05) is 46.9 Å². The third kappa shape index (κ3) is 4.84. The van der Waals surface area contributed by atoms with Gasteiger partial charge in [-0.2, -0.15) is 0 Å². The number of halogens is 1. The van der Waals surface area contributed by atoms with Gasteiger partial charge in [0.1, 0.15) is 11.6 Å². The standard InChI is InChI=1S/C21H26FN3O2/c1-24-11-13-25(14-12-24)19(16-7-9-17(22)10-8-16)15-23-21(26)18-5-3-4-6-20(18)27-2/h3-10,19H,11-15H2,1-2H3,(H,23,26). The lowest BCUT2D eigenvalue weighted by Gasteiger charge is -2.38. The fourth-order valence-corrected chi connectivity index (χ4v) is 3.39.